The van der Waals surface area contributed by atoms with Gasteiger partial charge in [-0.05, 0) is 61.9 Å². The smallest absolute Gasteiger partial charge is 0.262 e. The number of nitrogens with one attached hydrogen (secondary N) is 2. The Morgan fingerprint density at radius 1 is 1.18 bits per heavy atom. The lowest BCUT2D eigenvalue weighted by atomic mass is 10.1. The van der Waals surface area contributed by atoms with Crippen molar-refractivity contribution in [1.29, 1.82) is 0 Å². The molecule has 0 bridgehead atoms. The zero-order valence-electron chi connectivity index (χ0n) is 15.9. The van der Waals surface area contributed by atoms with Crippen molar-refractivity contribution >= 4 is 34.0 Å². The molecule has 4 N–H and O–H groups in total. The van der Waals surface area contributed by atoms with Crippen LogP contribution in [0.25, 0.3) is 0 Å². The van der Waals surface area contributed by atoms with Gasteiger partial charge < -0.3 is 11.1 Å². The average Bonchev–Trinajstić information content (AvgIpc) is 3.46. The van der Waals surface area contributed by atoms with Gasteiger partial charge in [0.25, 0.3) is 15.9 Å². The molecule has 0 aliphatic heterocycles. The van der Waals surface area contributed by atoms with Gasteiger partial charge in [0, 0.05) is 12.6 Å². The van der Waals surface area contributed by atoms with Gasteiger partial charge in [-0.3, -0.25) is 9.52 Å². The highest BCUT2D eigenvalue weighted by atomic mass is 35.5. The SMILES string of the molecule is Cc1ccc(C)c(S(=O)(=O)Nc2ccccc2C(=O)NC(CN)C2CC2)c1.Cl. The minimum absolute atomic E-state index is 0. The number of rotatable bonds is 7. The summed E-state index contributed by atoms with van der Waals surface area (Å²) < 4.78 is 28.3. The average molecular weight is 424 g/mol. The molecule has 0 saturated heterocycles. The molecule has 8 heteroatoms. The molecule has 28 heavy (non-hydrogen) atoms. The number of hydrogen-bond acceptors (Lipinski definition) is 4. The highest BCUT2D eigenvalue weighted by Crippen LogP contribution is 2.32. The Hall–Kier alpha value is -2.09. The van der Waals surface area contributed by atoms with Crippen molar-refractivity contribution in [1.82, 2.24) is 5.32 Å². The summed E-state index contributed by atoms with van der Waals surface area (Å²) in [5, 5.41) is 2.93. The summed E-state index contributed by atoms with van der Waals surface area (Å²) in [5.41, 5.74) is 7.79. The molecule has 1 fully saturated rings. The molecule has 3 rings (SSSR count). The van der Waals surface area contributed by atoms with E-state index in [1.165, 1.54) is 0 Å². The van der Waals surface area contributed by atoms with Crippen molar-refractivity contribution in [2.24, 2.45) is 11.7 Å². The van der Waals surface area contributed by atoms with E-state index in [4.69, 9.17) is 5.73 Å². The second kappa shape index (κ2) is 8.94. The van der Waals surface area contributed by atoms with Crippen molar-refractivity contribution < 1.29 is 13.2 Å². The van der Waals surface area contributed by atoms with Crippen LogP contribution in [0.3, 0.4) is 0 Å². The molecule has 0 heterocycles. The number of benzene rings is 2. The molecular formula is C20H26ClN3O3S. The van der Waals surface area contributed by atoms with Gasteiger partial charge in [0.15, 0.2) is 0 Å². The molecule has 1 unspecified atom stereocenters. The standard InChI is InChI=1S/C20H25N3O3S.ClH/c1-13-7-8-14(2)19(11-13)27(25,26)23-17-6-4-3-5-16(17)20(24)22-18(12-21)15-9-10-15;/h3-8,11,15,18,23H,9-10,12,21H2,1-2H3,(H,22,24);1H. The molecule has 0 aromatic heterocycles. The fourth-order valence-electron chi connectivity index (χ4n) is 3.08. The van der Waals surface area contributed by atoms with Gasteiger partial charge in [0.1, 0.15) is 0 Å². The van der Waals surface area contributed by atoms with Gasteiger partial charge in [-0.15, -0.1) is 12.4 Å². The van der Waals surface area contributed by atoms with Crippen molar-refractivity contribution in [3.05, 3.63) is 59.2 Å². The van der Waals surface area contributed by atoms with Crippen molar-refractivity contribution in [3.8, 4) is 0 Å². The molecule has 1 aliphatic carbocycles. The maximum atomic E-state index is 12.9. The lowest BCUT2D eigenvalue weighted by molar-refractivity contribution is 0.0934. The van der Waals surface area contributed by atoms with Crippen LogP contribution in [-0.4, -0.2) is 26.9 Å². The number of carbonyl (C=O) groups is 1. The Bertz CT molecular complexity index is 959. The topological polar surface area (TPSA) is 101 Å². The van der Waals surface area contributed by atoms with E-state index in [-0.39, 0.29) is 40.5 Å². The Morgan fingerprint density at radius 3 is 2.50 bits per heavy atom. The quantitative estimate of drug-likeness (QED) is 0.637. The Kier molecular flexibility index (Phi) is 7.09. The Balaban J connectivity index is 0.00000280. The summed E-state index contributed by atoms with van der Waals surface area (Å²) in [7, 11) is -3.82. The van der Waals surface area contributed by atoms with E-state index in [9.17, 15) is 13.2 Å². The van der Waals surface area contributed by atoms with Gasteiger partial charge in [-0.25, -0.2) is 8.42 Å². The first kappa shape index (κ1) is 22.2. The normalized spacial score (nSPS) is 14.7. The van der Waals surface area contributed by atoms with Gasteiger partial charge in [-0.1, -0.05) is 24.3 Å². The van der Waals surface area contributed by atoms with Gasteiger partial charge >= 0.3 is 0 Å². The molecule has 1 aliphatic rings. The lowest BCUT2D eigenvalue weighted by Gasteiger charge is -2.18. The van der Waals surface area contributed by atoms with Gasteiger partial charge in [-0.2, -0.15) is 0 Å². The zero-order chi connectivity index (χ0) is 19.6. The molecule has 0 radical (unpaired) electrons. The third-order valence-electron chi connectivity index (χ3n) is 4.81. The second-order valence-electron chi connectivity index (χ2n) is 7.07. The number of amides is 1. The minimum atomic E-state index is -3.82. The Labute approximate surface area is 172 Å². The number of halogens is 1. The number of hydrogen-bond donors (Lipinski definition) is 3. The van der Waals surface area contributed by atoms with Crippen LogP contribution in [0.2, 0.25) is 0 Å². The van der Waals surface area contributed by atoms with Gasteiger partial charge in [0.05, 0.1) is 16.1 Å². The van der Waals surface area contributed by atoms with Crippen LogP contribution < -0.4 is 15.8 Å². The largest absolute Gasteiger partial charge is 0.348 e. The maximum absolute atomic E-state index is 12.9. The summed E-state index contributed by atoms with van der Waals surface area (Å²) in [5.74, 6) is 0.0920. The van der Waals surface area contributed by atoms with Crippen LogP contribution in [0.5, 0.6) is 0 Å². The number of nitrogens with two attached hydrogens (primary N) is 1. The van der Waals surface area contributed by atoms with E-state index >= 15 is 0 Å². The van der Waals surface area contributed by atoms with Gasteiger partial charge in [0.2, 0.25) is 0 Å². The zero-order valence-corrected chi connectivity index (χ0v) is 17.6. The molecule has 6 nitrogen and oxygen atoms in total. The van der Waals surface area contributed by atoms with E-state index in [0.717, 1.165) is 18.4 Å². The van der Waals surface area contributed by atoms with Crippen LogP contribution in [-0.2, 0) is 10.0 Å². The van der Waals surface area contributed by atoms with Crippen molar-refractivity contribution in [2.75, 3.05) is 11.3 Å². The van der Waals surface area contributed by atoms with Crippen molar-refractivity contribution in [2.45, 2.75) is 37.6 Å². The Morgan fingerprint density at radius 2 is 1.86 bits per heavy atom. The molecule has 2 aromatic rings. The fraction of sp³-hybridized carbons (Fsp3) is 0.350. The number of sulfonamides is 1. The molecule has 1 saturated carbocycles. The highest BCUT2D eigenvalue weighted by molar-refractivity contribution is 7.92. The van der Waals surface area contributed by atoms with E-state index in [2.05, 4.69) is 10.0 Å². The van der Waals surface area contributed by atoms with E-state index < -0.39 is 10.0 Å². The number of anilines is 1. The van der Waals surface area contributed by atoms with Crippen LogP contribution in [0, 0.1) is 19.8 Å². The summed E-state index contributed by atoms with van der Waals surface area (Å²) in [6, 6.07) is 11.8. The van der Waals surface area contributed by atoms with Crippen LogP contribution in [0.15, 0.2) is 47.4 Å². The molecule has 2 aromatic carbocycles. The first-order chi connectivity index (χ1) is 12.8. The number of aryl methyl sites for hydroxylation is 2. The second-order valence-corrected chi connectivity index (χ2v) is 8.72. The number of carbonyl (C=O) groups excluding carboxylic acids is 1. The number of para-hydroxylation sites is 1. The predicted molar refractivity (Wildman–Crippen MR) is 113 cm³/mol. The monoisotopic (exact) mass is 423 g/mol. The minimum Gasteiger partial charge on any atom is -0.348 e. The van der Waals surface area contributed by atoms with Crippen LogP contribution in [0.4, 0.5) is 5.69 Å². The summed E-state index contributed by atoms with van der Waals surface area (Å²) in [6.07, 6.45) is 2.12. The summed E-state index contributed by atoms with van der Waals surface area (Å²) in [4.78, 5) is 12.9. The van der Waals surface area contributed by atoms with E-state index in [0.29, 0.717) is 18.0 Å². The third-order valence-corrected chi connectivity index (χ3v) is 6.32. The summed E-state index contributed by atoms with van der Waals surface area (Å²) in [6.45, 7) is 3.95. The van der Waals surface area contributed by atoms with Crippen molar-refractivity contribution in [3.63, 3.8) is 0 Å². The maximum Gasteiger partial charge on any atom is 0.262 e. The van der Waals surface area contributed by atoms with E-state index in [1.54, 1.807) is 43.3 Å². The first-order valence-corrected chi connectivity index (χ1v) is 10.5. The van der Waals surface area contributed by atoms with Crippen LogP contribution in [0.1, 0.15) is 34.3 Å². The predicted octanol–water partition coefficient (Wildman–Crippen LogP) is 2.99. The fourth-order valence-corrected chi connectivity index (χ4v) is 4.49. The third kappa shape index (κ3) is 5.04. The highest BCUT2D eigenvalue weighted by Gasteiger charge is 2.32. The summed E-state index contributed by atoms with van der Waals surface area (Å²) >= 11 is 0. The molecule has 152 valence electrons. The lowest BCUT2D eigenvalue weighted by Crippen LogP contribution is -2.42. The molecule has 1 atom stereocenters. The van der Waals surface area contributed by atoms with Crippen LogP contribution >= 0.6 is 12.4 Å². The first-order valence-electron chi connectivity index (χ1n) is 9.02. The molecule has 1 amide bonds. The van der Waals surface area contributed by atoms with E-state index in [1.807, 2.05) is 13.0 Å². The molecule has 0 spiro atoms. The molecular weight excluding hydrogens is 398 g/mol.